The molecule has 0 amide bonds. The minimum atomic E-state index is -0.641. The summed E-state index contributed by atoms with van der Waals surface area (Å²) < 4.78 is 28.0. The molecule has 0 saturated carbocycles. The molecule has 1 aromatic carbocycles. The van der Waals surface area contributed by atoms with Crippen LogP contribution in [0.4, 0.5) is 8.78 Å². The zero-order valence-corrected chi connectivity index (χ0v) is 11.5. The maximum Gasteiger partial charge on any atom is 0.151 e. The summed E-state index contributed by atoms with van der Waals surface area (Å²) in [5, 5.41) is 14.0. The maximum atomic E-state index is 13.7. The first-order valence-electron chi connectivity index (χ1n) is 7.02. The molecule has 3 rings (SSSR count). The van der Waals surface area contributed by atoms with Gasteiger partial charge in [0, 0.05) is 25.4 Å². The Morgan fingerprint density at radius 2 is 2.14 bits per heavy atom. The Bertz CT molecular complexity index is 629. The highest BCUT2D eigenvalue weighted by Crippen LogP contribution is 2.16. The van der Waals surface area contributed by atoms with E-state index in [-0.39, 0.29) is 11.8 Å². The number of hydrogen-bond donors (Lipinski definition) is 1. The number of aliphatic hydroxyl groups excluding tert-OH is 1. The Labute approximate surface area is 121 Å². The number of benzene rings is 1. The number of rotatable bonds is 3. The third kappa shape index (κ3) is 3.28. The van der Waals surface area contributed by atoms with Gasteiger partial charge in [0.1, 0.15) is 11.5 Å². The van der Waals surface area contributed by atoms with Crippen molar-refractivity contribution in [3.05, 3.63) is 47.8 Å². The predicted octanol–water partition coefficient (Wildman–Crippen LogP) is 2.11. The molecular formula is C15H17F2N3O. The predicted molar refractivity (Wildman–Crippen MR) is 74.0 cm³/mol. The molecule has 0 radical (unpaired) electrons. The van der Waals surface area contributed by atoms with Crippen molar-refractivity contribution in [1.29, 1.82) is 0 Å². The zero-order valence-electron chi connectivity index (χ0n) is 11.5. The van der Waals surface area contributed by atoms with E-state index in [1.165, 1.54) is 16.8 Å². The Morgan fingerprint density at radius 3 is 2.90 bits per heavy atom. The third-order valence-electron chi connectivity index (χ3n) is 3.67. The molecule has 112 valence electrons. The minimum Gasteiger partial charge on any atom is -0.392 e. The van der Waals surface area contributed by atoms with Gasteiger partial charge in [0.25, 0.3) is 0 Å². The van der Waals surface area contributed by atoms with Gasteiger partial charge in [-0.2, -0.15) is 5.10 Å². The summed E-state index contributed by atoms with van der Waals surface area (Å²) in [6, 6.07) is 5.23. The van der Waals surface area contributed by atoms with Crippen molar-refractivity contribution >= 4 is 0 Å². The molecule has 6 heteroatoms. The van der Waals surface area contributed by atoms with Crippen molar-refractivity contribution in [3.63, 3.8) is 0 Å². The summed E-state index contributed by atoms with van der Waals surface area (Å²) >= 11 is 0. The monoisotopic (exact) mass is 293 g/mol. The van der Waals surface area contributed by atoms with E-state index in [2.05, 4.69) is 10.00 Å². The van der Waals surface area contributed by atoms with E-state index in [4.69, 9.17) is 0 Å². The van der Waals surface area contributed by atoms with Gasteiger partial charge >= 0.3 is 0 Å². The van der Waals surface area contributed by atoms with Crippen LogP contribution in [0.3, 0.4) is 0 Å². The first kappa shape index (κ1) is 14.2. The van der Waals surface area contributed by atoms with E-state index in [0.717, 1.165) is 31.1 Å². The molecular weight excluding hydrogens is 276 g/mol. The second-order valence-corrected chi connectivity index (χ2v) is 5.38. The molecule has 1 aromatic heterocycles. The molecule has 1 aliphatic rings. The average molecular weight is 293 g/mol. The molecule has 4 nitrogen and oxygen atoms in total. The van der Waals surface area contributed by atoms with Crippen LogP contribution in [0.25, 0.3) is 5.69 Å². The standard InChI is InChI=1S/C15H17F2N3O/c16-11-3-4-15(14(17)8-11)20-7-5-12(18-20)9-19-6-1-2-13(21)10-19/h3-5,7-8,13,21H,1-2,6,9-10H2/t13-/m0/s1. The van der Waals surface area contributed by atoms with Crippen LogP contribution < -0.4 is 0 Å². The normalized spacial score (nSPS) is 19.9. The van der Waals surface area contributed by atoms with Gasteiger partial charge in [-0.1, -0.05) is 0 Å². The van der Waals surface area contributed by atoms with E-state index in [9.17, 15) is 13.9 Å². The van der Waals surface area contributed by atoms with Gasteiger partial charge in [-0.3, -0.25) is 4.90 Å². The molecule has 1 fully saturated rings. The van der Waals surface area contributed by atoms with Crippen molar-refractivity contribution in [2.75, 3.05) is 13.1 Å². The number of β-amino-alcohol motifs (C(OH)–C–C–N with tert-alkyl or cyclic N) is 1. The van der Waals surface area contributed by atoms with E-state index in [1.807, 2.05) is 6.07 Å². The molecule has 21 heavy (non-hydrogen) atoms. The molecule has 1 atom stereocenters. The maximum absolute atomic E-state index is 13.7. The Balaban J connectivity index is 1.74. The van der Waals surface area contributed by atoms with Gasteiger partial charge < -0.3 is 5.11 Å². The summed E-state index contributed by atoms with van der Waals surface area (Å²) in [5.74, 6) is -1.25. The van der Waals surface area contributed by atoms with Crippen molar-refractivity contribution in [1.82, 2.24) is 14.7 Å². The van der Waals surface area contributed by atoms with Crippen molar-refractivity contribution < 1.29 is 13.9 Å². The van der Waals surface area contributed by atoms with Gasteiger partial charge in [-0.25, -0.2) is 13.5 Å². The smallest absolute Gasteiger partial charge is 0.151 e. The fraction of sp³-hybridized carbons (Fsp3) is 0.400. The van der Waals surface area contributed by atoms with Gasteiger partial charge in [0.2, 0.25) is 0 Å². The van der Waals surface area contributed by atoms with Crippen LogP contribution in [0.5, 0.6) is 0 Å². The zero-order chi connectivity index (χ0) is 14.8. The Morgan fingerprint density at radius 1 is 1.29 bits per heavy atom. The average Bonchev–Trinajstić information content (AvgIpc) is 2.87. The van der Waals surface area contributed by atoms with Crippen LogP contribution in [0.2, 0.25) is 0 Å². The number of piperidine rings is 1. The Hall–Kier alpha value is -1.79. The highest BCUT2D eigenvalue weighted by molar-refractivity contribution is 5.33. The van der Waals surface area contributed by atoms with Crippen LogP contribution in [0, 0.1) is 11.6 Å². The summed E-state index contributed by atoms with van der Waals surface area (Å²) in [5.41, 5.74) is 1.02. The van der Waals surface area contributed by atoms with Gasteiger partial charge in [0.15, 0.2) is 5.82 Å². The summed E-state index contributed by atoms with van der Waals surface area (Å²) in [7, 11) is 0. The molecule has 0 bridgehead atoms. The third-order valence-corrected chi connectivity index (χ3v) is 3.67. The van der Waals surface area contributed by atoms with E-state index < -0.39 is 11.6 Å². The van der Waals surface area contributed by atoms with Crippen molar-refractivity contribution in [2.24, 2.45) is 0 Å². The SMILES string of the molecule is O[C@H]1CCCN(Cc2ccn(-c3ccc(F)cc3F)n2)C1. The number of aromatic nitrogens is 2. The molecule has 0 aliphatic carbocycles. The van der Waals surface area contributed by atoms with Crippen LogP contribution in [-0.4, -0.2) is 39.0 Å². The number of nitrogens with zero attached hydrogens (tertiary/aromatic N) is 3. The number of halogens is 2. The van der Waals surface area contributed by atoms with Crippen LogP contribution in [0.15, 0.2) is 30.5 Å². The second kappa shape index (κ2) is 5.91. The lowest BCUT2D eigenvalue weighted by Crippen LogP contribution is -2.37. The number of aliphatic hydroxyl groups is 1. The van der Waals surface area contributed by atoms with Crippen molar-refractivity contribution in [3.8, 4) is 5.69 Å². The summed E-state index contributed by atoms with van der Waals surface area (Å²) in [6.45, 7) is 2.18. The number of likely N-dealkylation sites (tertiary alicyclic amines) is 1. The van der Waals surface area contributed by atoms with Crippen LogP contribution in [0.1, 0.15) is 18.5 Å². The second-order valence-electron chi connectivity index (χ2n) is 5.38. The number of hydrogen-bond acceptors (Lipinski definition) is 3. The van der Waals surface area contributed by atoms with Gasteiger partial charge in [-0.15, -0.1) is 0 Å². The fourth-order valence-corrected chi connectivity index (χ4v) is 2.65. The molecule has 1 saturated heterocycles. The molecule has 1 aliphatic heterocycles. The highest BCUT2D eigenvalue weighted by Gasteiger charge is 2.18. The summed E-state index contributed by atoms with van der Waals surface area (Å²) in [4.78, 5) is 2.13. The van der Waals surface area contributed by atoms with Gasteiger partial charge in [-0.05, 0) is 37.6 Å². The molecule has 1 N–H and O–H groups in total. The lowest BCUT2D eigenvalue weighted by Gasteiger charge is -2.29. The highest BCUT2D eigenvalue weighted by atomic mass is 19.1. The van der Waals surface area contributed by atoms with Crippen LogP contribution >= 0.6 is 0 Å². The fourth-order valence-electron chi connectivity index (χ4n) is 2.65. The minimum absolute atomic E-state index is 0.223. The van der Waals surface area contributed by atoms with Gasteiger partial charge in [0.05, 0.1) is 11.8 Å². The Kier molecular flexibility index (Phi) is 3.98. The van der Waals surface area contributed by atoms with Crippen LogP contribution in [-0.2, 0) is 6.54 Å². The largest absolute Gasteiger partial charge is 0.392 e. The quantitative estimate of drug-likeness (QED) is 0.942. The molecule has 0 unspecified atom stereocenters. The topological polar surface area (TPSA) is 41.3 Å². The van der Waals surface area contributed by atoms with E-state index in [1.54, 1.807) is 6.20 Å². The van der Waals surface area contributed by atoms with Crippen molar-refractivity contribution in [2.45, 2.75) is 25.5 Å². The van der Waals surface area contributed by atoms with E-state index >= 15 is 0 Å². The van der Waals surface area contributed by atoms with E-state index in [0.29, 0.717) is 13.1 Å². The lowest BCUT2D eigenvalue weighted by molar-refractivity contribution is 0.0661. The molecule has 2 aromatic rings. The lowest BCUT2D eigenvalue weighted by atomic mass is 10.1. The molecule has 0 spiro atoms. The summed E-state index contributed by atoms with van der Waals surface area (Å²) in [6.07, 6.45) is 3.18. The molecule has 2 heterocycles. The first-order valence-corrected chi connectivity index (χ1v) is 7.02. The first-order chi connectivity index (χ1) is 10.1.